The van der Waals surface area contributed by atoms with Crippen LogP contribution in [-0.4, -0.2) is 26.2 Å². The van der Waals surface area contributed by atoms with Crippen molar-refractivity contribution in [1.82, 2.24) is 15.2 Å². The van der Waals surface area contributed by atoms with Crippen molar-refractivity contribution in [2.45, 2.75) is 0 Å². The number of aromatic nitrogens is 3. The summed E-state index contributed by atoms with van der Waals surface area (Å²) < 4.78 is 0. The lowest BCUT2D eigenvalue weighted by atomic mass is 10.2. The van der Waals surface area contributed by atoms with Gasteiger partial charge in [0.2, 0.25) is 5.95 Å². The predicted octanol–water partition coefficient (Wildman–Crippen LogP) is 2.43. The lowest BCUT2D eigenvalue weighted by Gasteiger charge is -2.00. The number of H-pyrrole nitrogens is 1. The average molecular weight is 280 g/mol. The van der Waals surface area contributed by atoms with E-state index in [-0.39, 0.29) is 17.6 Å². The van der Waals surface area contributed by atoms with Crippen LogP contribution in [0.1, 0.15) is 10.4 Å². The molecule has 3 N–H and O–H groups in total. The highest BCUT2D eigenvalue weighted by Gasteiger charge is 2.10. The van der Waals surface area contributed by atoms with Crippen molar-refractivity contribution in [3.63, 3.8) is 0 Å². The normalized spacial score (nSPS) is 10.3. The van der Waals surface area contributed by atoms with E-state index in [9.17, 15) is 9.90 Å². The molecule has 1 aromatic heterocycles. The van der Waals surface area contributed by atoms with E-state index in [1.807, 2.05) is 30.3 Å². The quantitative estimate of drug-likeness (QED) is 0.687. The lowest BCUT2D eigenvalue weighted by Crippen LogP contribution is -2.12. The number of rotatable bonds is 3. The molecule has 6 heteroatoms. The first-order valence-electron chi connectivity index (χ1n) is 6.30. The first-order valence-corrected chi connectivity index (χ1v) is 6.30. The second-order valence-electron chi connectivity index (χ2n) is 4.37. The summed E-state index contributed by atoms with van der Waals surface area (Å²) in [5.41, 5.74) is 1.30. The Hall–Kier alpha value is -3.15. The van der Waals surface area contributed by atoms with Crippen LogP contribution < -0.4 is 5.32 Å². The van der Waals surface area contributed by atoms with Gasteiger partial charge in [-0.3, -0.25) is 15.2 Å². The number of carbonyl (C=O) groups is 1. The van der Waals surface area contributed by atoms with Crippen molar-refractivity contribution in [2.24, 2.45) is 0 Å². The molecule has 0 saturated heterocycles. The van der Waals surface area contributed by atoms with Crippen molar-refractivity contribution >= 4 is 11.9 Å². The maximum atomic E-state index is 12.0. The SMILES string of the molecule is O=C(Nc1n[nH]c(-c2ccccc2)n1)c1ccc(O)cc1. The molecule has 0 aliphatic carbocycles. The summed E-state index contributed by atoms with van der Waals surface area (Å²) in [4.78, 5) is 16.2. The number of phenols is 1. The number of amides is 1. The van der Waals surface area contributed by atoms with E-state index >= 15 is 0 Å². The summed E-state index contributed by atoms with van der Waals surface area (Å²) in [6.45, 7) is 0. The Morgan fingerprint density at radius 2 is 1.76 bits per heavy atom. The molecule has 3 aromatic rings. The molecule has 21 heavy (non-hydrogen) atoms. The van der Waals surface area contributed by atoms with Crippen LogP contribution in [-0.2, 0) is 0 Å². The van der Waals surface area contributed by atoms with Gasteiger partial charge >= 0.3 is 0 Å². The third kappa shape index (κ3) is 2.89. The molecule has 0 radical (unpaired) electrons. The number of carbonyl (C=O) groups excluding carboxylic acids is 1. The molecular formula is C15H12N4O2. The minimum atomic E-state index is -0.339. The molecule has 0 spiro atoms. The van der Waals surface area contributed by atoms with Crippen molar-refractivity contribution in [1.29, 1.82) is 0 Å². The Balaban J connectivity index is 1.75. The van der Waals surface area contributed by atoms with Crippen molar-refractivity contribution in [3.8, 4) is 17.1 Å². The van der Waals surface area contributed by atoms with Gasteiger partial charge in [0, 0.05) is 11.1 Å². The van der Waals surface area contributed by atoms with E-state index in [0.717, 1.165) is 5.56 Å². The number of benzene rings is 2. The largest absolute Gasteiger partial charge is 0.508 e. The van der Waals surface area contributed by atoms with Crippen LogP contribution in [0.15, 0.2) is 54.6 Å². The smallest absolute Gasteiger partial charge is 0.258 e. The monoisotopic (exact) mass is 280 g/mol. The van der Waals surface area contributed by atoms with E-state index in [1.165, 1.54) is 24.3 Å². The lowest BCUT2D eigenvalue weighted by molar-refractivity contribution is 0.102. The van der Waals surface area contributed by atoms with Crippen LogP contribution in [0.2, 0.25) is 0 Å². The Bertz CT molecular complexity index is 751. The second kappa shape index (κ2) is 5.46. The van der Waals surface area contributed by atoms with Crippen LogP contribution in [0.5, 0.6) is 5.75 Å². The number of hydrogen-bond acceptors (Lipinski definition) is 4. The Kier molecular flexibility index (Phi) is 3.34. The van der Waals surface area contributed by atoms with Gasteiger partial charge in [-0.15, -0.1) is 5.10 Å². The zero-order valence-electron chi connectivity index (χ0n) is 10.9. The van der Waals surface area contributed by atoms with Gasteiger partial charge in [-0.25, -0.2) is 0 Å². The molecule has 0 atom stereocenters. The van der Waals surface area contributed by atoms with Crippen LogP contribution in [0.4, 0.5) is 5.95 Å². The molecule has 2 aromatic carbocycles. The van der Waals surface area contributed by atoms with E-state index < -0.39 is 0 Å². The number of hydrogen-bond donors (Lipinski definition) is 3. The number of anilines is 1. The predicted molar refractivity (Wildman–Crippen MR) is 77.9 cm³/mol. The van der Waals surface area contributed by atoms with Crippen molar-refractivity contribution in [3.05, 3.63) is 60.2 Å². The van der Waals surface area contributed by atoms with Crippen LogP contribution in [0.25, 0.3) is 11.4 Å². The average Bonchev–Trinajstić information content (AvgIpc) is 2.97. The van der Waals surface area contributed by atoms with Gasteiger partial charge in [0.25, 0.3) is 5.91 Å². The highest BCUT2D eigenvalue weighted by atomic mass is 16.3. The fourth-order valence-electron chi connectivity index (χ4n) is 1.83. The zero-order valence-corrected chi connectivity index (χ0v) is 10.9. The third-order valence-electron chi connectivity index (χ3n) is 2.89. The van der Waals surface area contributed by atoms with Crippen molar-refractivity contribution < 1.29 is 9.90 Å². The molecule has 0 saturated carbocycles. The van der Waals surface area contributed by atoms with E-state index in [2.05, 4.69) is 20.5 Å². The summed E-state index contributed by atoms with van der Waals surface area (Å²) >= 11 is 0. The highest BCUT2D eigenvalue weighted by molar-refractivity contribution is 6.03. The summed E-state index contributed by atoms with van der Waals surface area (Å²) in [5, 5.41) is 18.5. The van der Waals surface area contributed by atoms with Gasteiger partial charge in [-0.05, 0) is 24.3 Å². The maximum Gasteiger partial charge on any atom is 0.258 e. The molecule has 104 valence electrons. The minimum absolute atomic E-state index is 0.107. The number of nitrogens with one attached hydrogen (secondary N) is 2. The first-order chi connectivity index (χ1) is 10.2. The van der Waals surface area contributed by atoms with Gasteiger partial charge < -0.3 is 5.11 Å². The number of phenolic OH excluding ortho intramolecular Hbond substituents is 1. The molecule has 6 nitrogen and oxygen atoms in total. The van der Waals surface area contributed by atoms with Gasteiger partial charge in [-0.2, -0.15) is 4.98 Å². The molecule has 1 heterocycles. The summed E-state index contributed by atoms with van der Waals surface area (Å²) in [6.07, 6.45) is 0. The summed E-state index contributed by atoms with van der Waals surface area (Å²) in [7, 11) is 0. The van der Waals surface area contributed by atoms with Crippen LogP contribution >= 0.6 is 0 Å². The standard InChI is InChI=1S/C15H12N4O2/c20-12-8-6-11(7-9-12)14(21)17-15-16-13(18-19-15)10-4-2-1-3-5-10/h1-9,20H,(H2,16,17,18,19,21). The fourth-order valence-corrected chi connectivity index (χ4v) is 1.83. The van der Waals surface area contributed by atoms with Crippen molar-refractivity contribution in [2.75, 3.05) is 5.32 Å². The molecule has 0 fully saturated rings. The highest BCUT2D eigenvalue weighted by Crippen LogP contribution is 2.16. The molecular weight excluding hydrogens is 268 g/mol. The molecule has 0 bridgehead atoms. The summed E-state index contributed by atoms with van der Waals surface area (Å²) in [5.74, 6) is 0.549. The maximum absolute atomic E-state index is 12.0. The molecule has 0 aliphatic rings. The zero-order chi connectivity index (χ0) is 14.7. The molecule has 0 aliphatic heterocycles. The molecule has 0 unspecified atom stereocenters. The molecule has 1 amide bonds. The topological polar surface area (TPSA) is 90.9 Å². The van der Waals surface area contributed by atoms with Gasteiger partial charge in [0.15, 0.2) is 5.82 Å². The van der Waals surface area contributed by atoms with E-state index in [0.29, 0.717) is 11.4 Å². The minimum Gasteiger partial charge on any atom is -0.508 e. The Morgan fingerprint density at radius 1 is 1.05 bits per heavy atom. The number of aromatic amines is 1. The Morgan fingerprint density at radius 3 is 2.48 bits per heavy atom. The van der Waals surface area contributed by atoms with Gasteiger partial charge in [0.05, 0.1) is 0 Å². The Labute approximate surface area is 120 Å². The van der Waals surface area contributed by atoms with Gasteiger partial charge in [-0.1, -0.05) is 30.3 Å². The second-order valence-corrected chi connectivity index (χ2v) is 4.37. The van der Waals surface area contributed by atoms with E-state index in [1.54, 1.807) is 0 Å². The summed E-state index contributed by atoms with van der Waals surface area (Å²) in [6, 6.07) is 15.4. The number of aromatic hydroxyl groups is 1. The van der Waals surface area contributed by atoms with Crippen LogP contribution in [0, 0.1) is 0 Å². The van der Waals surface area contributed by atoms with E-state index in [4.69, 9.17) is 0 Å². The van der Waals surface area contributed by atoms with Crippen LogP contribution in [0.3, 0.4) is 0 Å². The first kappa shape index (κ1) is 12.9. The molecule has 3 rings (SSSR count). The fraction of sp³-hybridized carbons (Fsp3) is 0. The third-order valence-corrected chi connectivity index (χ3v) is 2.89. The number of nitrogens with zero attached hydrogens (tertiary/aromatic N) is 2. The van der Waals surface area contributed by atoms with Gasteiger partial charge in [0.1, 0.15) is 5.75 Å².